The van der Waals surface area contributed by atoms with Crippen LogP contribution in [0.4, 0.5) is 4.79 Å². The van der Waals surface area contributed by atoms with Gasteiger partial charge in [0.2, 0.25) is 5.91 Å². The van der Waals surface area contributed by atoms with E-state index in [1.54, 1.807) is 0 Å². The first-order valence-electron chi connectivity index (χ1n) is 8.36. The molecule has 1 aromatic carbocycles. The monoisotopic (exact) mass is 350 g/mol. The van der Waals surface area contributed by atoms with Crippen molar-refractivity contribution in [2.24, 2.45) is 11.7 Å². The number of carboxylic acid groups (broad SMARTS) is 1. The number of benzene rings is 1. The first-order valence-corrected chi connectivity index (χ1v) is 8.36. The summed E-state index contributed by atoms with van der Waals surface area (Å²) in [5, 5.41) is 11.2. The molecule has 1 rings (SSSR count). The Morgan fingerprint density at radius 1 is 1.16 bits per heavy atom. The van der Waals surface area contributed by atoms with E-state index < -0.39 is 24.0 Å². The minimum Gasteiger partial charge on any atom is -0.480 e. The van der Waals surface area contributed by atoms with Crippen molar-refractivity contribution in [2.75, 3.05) is 6.61 Å². The molecule has 0 bridgehead atoms. The van der Waals surface area contributed by atoms with Gasteiger partial charge in [-0.15, -0.1) is 0 Å². The standard InChI is InChI=1S/C18H26N2O5/c1-13(7-8-14-5-3-2-4-6-14)11-12-25-18(24)20-15(17(22)23)9-10-16(19)21/h2-6,13,15H,7-12H2,1H3,(H2,19,21)(H,20,24)(H,22,23)/t13?,15-/m0/s1. The van der Waals surface area contributed by atoms with Crippen LogP contribution in [0.2, 0.25) is 0 Å². The Bertz CT molecular complexity index is 562. The summed E-state index contributed by atoms with van der Waals surface area (Å²) in [5.74, 6) is -1.47. The van der Waals surface area contributed by atoms with Crippen molar-refractivity contribution in [2.45, 2.75) is 45.1 Å². The Kier molecular flexibility index (Phi) is 9.06. The molecule has 0 saturated carbocycles. The average molecular weight is 350 g/mol. The van der Waals surface area contributed by atoms with Gasteiger partial charge in [0.1, 0.15) is 6.04 Å². The summed E-state index contributed by atoms with van der Waals surface area (Å²) in [6.45, 7) is 2.29. The van der Waals surface area contributed by atoms with Crippen LogP contribution in [0, 0.1) is 5.92 Å². The lowest BCUT2D eigenvalue weighted by molar-refractivity contribution is -0.139. The Balaban J connectivity index is 2.23. The van der Waals surface area contributed by atoms with E-state index in [1.165, 1.54) is 5.56 Å². The molecule has 4 N–H and O–H groups in total. The molecule has 0 aliphatic heterocycles. The van der Waals surface area contributed by atoms with Gasteiger partial charge in [0, 0.05) is 6.42 Å². The van der Waals surface area contributed by atoms with E-state index in [9.17, 15) is 14.4 Å². The first-order chi connectivity index (χ1) is 11.9. The van der Waals surface area contributed by atoms with Crippen LogP contribution < -0.4 is 11.1 Å². The molecular formula is C18H26N2O5. The van der Waals surface area contributed by atoms with Gasteiger partial charge >= 0.3 is 12.1 Å². The number of amides is 2. The number of aryl methyl sites for hydroxylation is 1. The van der Waals surface area contributed by atoms with Crippen molar-refractivity contribution >= 4 is 18.0 Å². The van der Waals surface area contributed by atoms with Crippen molar-refractivity contribution in [3.63, 3.8) is 0 Å². The summed E-state index contributed by atoms with van der Waals surface area (Å²) in [7, 11) is 0. The molecule has 1 aromatic rings. The van der Waals surface area contributed by atoms with Crippen molar-refractivity contribution in [1.29, 1.82) is 0 Å². The van der Waals surface area contributed by atoms with Gasteiger partial charge in [0.15, 0.2) is 0 Å². The smallest absolute Gasteiger partial charge is 0.407 e. The van der Waals surface area contributed by atoms with Crippen LogP contribution in [-0.2, 0) is 20.7 Å². The van der Waals surface area contributed by atoms with Crippen LogP contribution >= 0.6 is 0 Å². The van der Waals surface area contributed by atoms with Gasteiger partial charge < -0.3 is 20.9 Å². The number of carboxylic acids is 1. The quantitative estimate of drug-likeness (QED) is 0.564. The summed E-state index contributed by atoms with van der Waals surface area (Å²) in [4.78, 5) is 33.4. The number of nitrogens with two attached hydrogens (primary N) is 1. The third kappa shape index (κ3) is 9.34. The van der Waals surface area contributed by atoms with Gasteiger partial charge in [-0.2, -0.15) is 0 Å². The topological polar surface area (TPSA) is 119 Å². The number of nitrogens with one attached hydrogen (secondary N) is 1. The maximum Gasteiger partial charge on any atom is 0.407 e. The highest BCUT2D eigenvalue weighted by Gasteiger charge is 2.21. The molecule has 1 unspecified atom stereocenters. The van der Waals surface area contributed by atoms with E-state index in [2.05, 4.69) is 24.4 Å². The van der Waals surface area contributed by atoms with Gasteiger partial charge in [-0.05, 0) is 37.2 Å². The second kappa shape index (κ2) is 11.1. The molecule has 0 aromatic heterocycles. The van der Waals surface area contributed by atoms with E-state index in [4.69, 9.17) is 15.6 Å². The van der Waals surface area contributed by atoms with Gasteiger partial charge in [-0.1, -0.05) is 37.3 Å². The maximum atomic E-state index is 11.7. The molecule has 0 heterocycles. The Hall–Kier alpha value is -2.57. The Morgan fingerprint density at radius 2 is 1.84 bits per heavy atom. The molecule has 138 valence electrons. The first kappa shape index (κ1) is 20.5. The van der Waals surface area contributed by atoms with Crippen molar-refractivity contribution in [3.05, 3.63) is 35.9 Å². The number of carbonyl (C=O) groups is 3. The van der Waals surface area contributed by atoms with Gasteiger partial charge in [-0.3, -0.25) is 4.79 Å². The second-order valence-corrected chi connectivity index (χ2v) is 6.09. The molecule has 25 heavy (non-hydrogen) atoms. The predicted molar refractivity (Wildman–Crippen MR) is 92.9 cm³/mol. The third-order valence-electron chi connectivity index (χ3n) is 3.88. The SMILES string of the molecule is CC(CCOC(=O)N[C@@H](CCC(N)=O)C(=O)O)CCc1ccccc1. The molecule has 0 aliphatic rings. The lowest BCUT2D eigenvalue weighted by atomic mass is 9.99. The van der Waals surface area contributed by atoms with E-state index in [-0.39, 0.29) is 19.4 Å². The lowest BCUT2D eigenvalue weighted by Crippen LogP contribution is -2.41. The highest BCUT2D eigenvalue weighted by Crippen LogP contribution is 2.12. The van der Waals surface area contributed by atoms with Crippen LogP contribution in [0.1, 0.15) is 38.2 Å². The third-order valence-corrected chi connectivity index (χ3v) is 3.88. The fourth-order valence-corrected chi connectivity index (χ4v) is 2.28. The van der Waals surface area contributed by atoms with Crippen LogP contribution in [0.25, 0.3) is 0 Å². The van der Waals surface area contributed by atoms with Gasteiger partial charge in [0.05, 0.1) is 6.61 Å². The van der Waals surface area contributed by atoms with Gasteiger partial charge in [-0.25, -0.2) is 9.59 Å². The van der Waals surface area contributed by atoms with Crippen LogP contribution in [0.15, 0.2) is 30.3 Å². The minimum absolute atomic E-state index is 0.0623. The lowest BCUT2D eigenvalue weighted by Gasteiger charge is -2.15. The summed E-state index contributed by atoms with van der Waals surface area (Å²) < 4.78 is 5.02. The highest BCUT2D eigenvalue weighted by molar-refractivity contribution is 5.81. The highest BCUT2D eigenvalue weighted by atomic mass is 16.5. The molecule has 0 spiro atoms. The molecule has 0 radical (unpaired) electrons. The molecule has 7 nitrogen and oxygen atoms in total. The van der Waals surface area contributed by atoms with Gasteiger partial charge in [0.25, 0.3) is 0 Å². The molecular weight excluding hydrogens is 324 g/mol. The number of alkyl carbamates (subject to hydrolysis) is 1. The van der Waals surface area contributed by atoms with Crippen molar-refractivity contribution in [3.8, 4) is 0 Å². The van der Waals surface area contributed by atoms with Crippen molar-refractivity contribution in [1.82, 2.24) is 5.32 Å². The summed E-state index contributed by atoms with van der Waals surface area (Å²) >= 11 is 0. The van der Waals surface area contributed by atoms with E-state index >= 15 is 0 Å². The summed E-state index contributed by atoms with van der Waals surface area (Å²) in [5.41, 5.74) is 6.25. The van der Waals surface area contributed by atoms with E-state index in [0.717, 1.165) is 12.8 Å². The fraction of sp³-hybridized carbons (Fsp3) is 0.500. The number of hydrogen-bond donors (Lipinski definition) is 3. The zero-order valence-corrected chi connectivity index (χ0v) is 14.4. The fourth-order valence-electron chi connectivity index (χ4n) is 2.28. The van der Waals surface area contributed by atoms with E-state index in [1.807, 2.05) is 18.2 Å². The predicted octanol–water partition coefficient (Wildman–Crippen LogP) is 2.09. The number of ether oxygens (including phenoxy) is 1. The molecule has 7 heteroatoms. The van der Waals surface area contributed by atoms with E-state index in [0.29, 0.717) is 12.3 Å². The molecule has 0 fully saturated rings. The van der Waals surface area contributed by atoms with Crippen LogP contribution in [0.3, 0.4) is 0 Å². The van der Waals surface area contributed by atoms with Crippen molar-refractivity contribution < 1.29 is 24.2 Å². The summed E-state index contributed by atoms with van der Waals surface area (Å²) in [6, 6.07) is 8.96. The molecule has 0 saturated heterocycles. The average Bonchev–Trinajstić information content (AvgIpc) is 2.57. The maximum absolute atomic E-state index is 11.7. The number of aliphatic carboxylic acids is 1. The van der Waals surface area contributed by atoms with Crippen LogP contribution in [-0.4, -0.2) is 35.7 Å². The molecule has 2 amide bonds. The number of primary amides is 1. The zero-order chi connectivity index (χ0) is 18.7. The Morgan fingerprint density at radius 3 is 2.44 bits per heavy atom. The number of carbonyl (C=O) groups excluding carboxylic acids is 2. The second-order valence-electron chi connectivity index (χ2n) is 6.09. The van der Waals surface area contributed by atoms with Crippen LogP contribution in [0.5, 0.6) is 0 Å². The largest absolute Gasteiger partial charge is 0.480 e. The Labute approximate surface area is 147 Å². The molecule has 2 atom stereocenters. The summed E-state index contributed by atoms with van der Waals surface area (Å²) in [6.07, 6.45) is 1.65. The number of hydrogen-bond acceptors (Lipinski definition) is 4. The normalized spacial score (nSPS) is 12.8. The number of rotatable bonds is 11. The zero-order valence-electron chi connectivity index (χ0n) is 14.4. The minimum atomic E-state index is -1.23. The molecule has 0 aliphatic carbocycles.